The van der Waals surface area contributed by atoms with Gasteiger partial charge in [0, 0.05) is 10.6 Å². The fourth-order valence-corrected chi connectivity index (χ4v) is 2.59. The van der Waals surface area contributed by atoms with E-state index in [1.54, 1.807) is 12.1 Å². The van der Waals surface area contributed by atoms with Gasteiger partial charge in [0.05, 0.1) is 11.4 Å². The van der Waals surface area contributed by atoms with Crippen molar-refractivity contribution in [1.29, 1.82) is 0 Å². The summed E-state index contributed by atoms with van der Waals surface area (Å²) in [6.45, 7) is 0. The zero-order valence-electron chi connectivity index (χ0n) is 9.66. The van der Waals surface area contributed by atoms with Gasteiger partial charge >= 0.3 is 0 Å². The Morgan fingerprint density at radius 1 is 1.06 bits per heavy atom. The molecule has 0 aromatic heterocycles. The highest BCUT2D eigenvalue weighted by molar-refractivity contribution is 6.35. The number of fused-ring (bicyclic) bond motifs is 1. The van der Waals surface area contributed by atoms with Crippen molar-refractivity contribution in [3.8, 4) is 0 Å². The summed E-state index contributed by atoms with van der Waals surface area (Å²) in [6, 6.07) is 12.2. The third-order valence-electron chi connectivity index (χ3n) is 3.09. The van der Waals surface area contributed by atoms with E-state index in [1.807, 2.05) is 12.1 Å². The summed E-state index contributed by atoms with van der Waals surface area (Å²) in [4.78, 5) is 4.51. The highest BCUT2D eigenvalue weighted by Crippen LogP contribution is 2.30. The summed E-state index contributed by atoms with van der Waals surface area (Å²) in [5.74, 6) is -0.269. The highest BCUT2D eigenvalue weighted by atomic mass is 35.5. The van der Waals surface area contributed by atoms with Gasteiger partial charge in [0.25, 0.3) is 0 Å². The molecule has 0 spiro atoms. The van der Waals surface area contributed by atoms with E-state index >= 15 is 0 Å². The normalized spacial score (nSPS) is 16.0. The average molecular weight is 260 g/mol. The molecule has 0 bridgehead atoms. The Morgan fingerprint density at radius 2 is 1.89 bits per heavy atom. The number of aliphatic imine (C=N–C) groups is 1. The first-order valence-corrected chi connectivity index (χ1v) is 6.23. The number of hydrogen-bond donors (Lipinski definition) is 0. The maximum Gasteiger partial charge on any atom is 0.125 e. The first kappa shape index (κ1) is 11.4. The Labute approximate surface area is 110 Å². The molecule has 0 atom stereocenters. The molecule has 1 aliphatic carbocycles. The lowest BCUT2D eigenvalue weighted by molar-refractivity contribution is 0.628. The molecule has 0 saturated heterocycles. The van der Waals surface area contributed by atoms with Gasteiger partial charge in [-0.15, -0.1) is 0 Å². The van der Waals surface area contributed by atoms with Crippen LogP contribution in [0, 0.1) is 5.82 Å². The maximum absolute atomic E-state index is 13.1. The van der Waals surface area contributed by atoms with Crippen molar-refractivity contribution >= 4 is 23.0 Å². The summed E-state index contributed by atoms with van der Waals surface area (Å²) in [6.07, 6.45) is 1.81. The van der Waals surface area contributed by atoms with Gasteiger partial charge in [0.15, 0.2) is 0 Å². The number of hydrogen-bond acceptors (Lipinski definition) is 1. The molecule has 0 heterocycles. The van der Waals surface area contributed by atoms with Gasteiger partial charge in [0.1, 0.15) is 5.82 Å². The van der Waals surface area contributed by atoms with Crippen LogP contribution in [-0.4, -0.2) is 5.71 Å². The van der Waals surface area contributed by atoms with Crippen LogP contribution in [0.15, 0.2) is 47.5 Å². The SMILES string of the molecule is Fc1cccc(N=C2CCc3cccc(Cl)c32)c1. The van der Waals surface area contributed by atoms with E-state index < -0.39 is 0 Å². The molecule has 0 unspecified atom stereocenters. The number of halogens is 2. The quantitative estimate of drug-likeness (QED) is 0.713. The first-order valence-electron chi connectivity index (χ1n) is 5.85. The minimum atomic E-state index is -0.269. The summed E-state index contributed by atoms with van der Waals surface area (Å²) in [7, 11) is 0. The Balaban J connectivity index is 2.07. The standard InChI is InChI=1S/C15H11ClFN/c16-13-6-1-3-10-7-8-14(15(10)13)18-12-5-2-4-11(17)9-12/h1-6,9H,7-8H2. The molecule has 1 nitrogen and oxygen atoms in total. The van der Waals surface area contributed by atoms with Gasteiger partial charge in [-0.25, -0.2) is 4.39 Å². The molecule has 0 amide bonds. The predicted molar refractivity (Wildman–Crippen MR) is 72.4 cm³/mol. The molecule has 0 N–H and O–H groups in total. The highest BCUT2D eigenvalue weighted by Gasteiger charge is 2.20. The second-order valence-electron chi connectivity index (χ2n) is 4.31. The first-order chi connectivity index (χ1) is 8.74. The van der Waals surface area contributed by atoms with E-state index in [0.717, 1.165) is 29.1 Å². The Kier molecular flexibility index (Phi) is 2.88. The van der Waals surface area contributed by atoms with E-state index in [9.17, 15) is 4.39 Å². The van der Waals surface area contributed by atoms with Crippen molar-refractivity contribution in [2.45, 2.75) is 12.8 Å². The van der Waals surface area contributed by atoms with E-state index in [0.29, 0.717) is 5.69 Å². The van der Waals surface area contributed by atoms with Gasteiger partial charge in [0.2, 0.25) is 0 Å². The molecule has 0 aliphatic heterocycles. The molecule has 3 rings (SSSR count). The fraction of sp³-hybridized carbons (Fsp3) is 0.133. The Morgan fingerprint density at radius 3 is 2.72 bits per heavy atom. The molecule has 2 aromatic rings. The monoisotopic (exact) mass is 259 g/mol. The average Bonchev–Trinajstić information content (AvgIpc) is 2.74. The van der Waals surface area contributed by atoms with Crippen molar-refractivity contribution in [2.24, 2.45) is 4.99 Å². The van der Waals surface area contributed by atoms with Gasteiger partial charge in [-0.05, 0) is 42.7 Å². The van der Waals surface area contributed by atoms with E-state index in [1.165, 1.54) is 17.7 Å². The third-order valence-corrected chi connectivity index (χ3v) is 3.41. The third kappa shape index (κ3) is 2.04. The van der Waals surface area contributed by atoms with Crippen molar-refractivity contribution in [2.75, 3.05) is 0 Å². The molecule has 3 heteroatoms. The van der Waals surface area contributed by atoms with Crippen molar-refractivity contribution in [1.82, 2.24) is 0 Å². The topological polar surface area (TPSA) is 12.4 Å². The predicted octanol–water partition coefficient (Wildman–Crippen LogP) is 4.55. The molecule has 2 aromatic carbocycles. The van der Waals surface area contributed by atoms with Crippen LogP contribution in [0.2, 0.25) is 5.02 Å². The number of rotatable bonds is 1. The Bertz CT molecular complexity index is 634. The lowest BCUT2D eigenvalue weighted by Gasteiger charge is -2.03. The van der Waals surface area contributed by atoms with Crippen LogP contribution < -0.4 is 0 Å². The van der Waals surface area contributed by atoms with Crippen LogP contribution in [0.1, 0.15) is 17.5 Å². The maximum atomic E-state index is 13.1. The number of nitrogens with zero attached hydrogens (tertiary/aromatic N) is 1. The summed E-state index contributed by atoms with van der Waals surface area (Å²) >= 11 is 6.21. The molecular formula is C15H11ClFN. The summed E-state index contributed by atoms with van der Waals surface area (Å²) in [5.41, 5.74) is 3.82. The summed E-state index contributed by atoms with van der Waals surface area (Å²) in [5, 5.41) is 0.722. The van der Waals surface area contributed by atoms with Crippen LogP contribution in [-0.2, 0) is 6.42 Å². The van der Waals surface area contributed by atoms with Gasteiger partial charge in [-0.2, -0.15) is 0 Å². The molecule has 0 saturated carbocycles. The van der Waals surface area contributed by atoms with Crippen LogP contribution in [0.3, 0.4) is 0 Å². The number of benzene rings is 2. The zero-order chi connectivity index (χ0) is 12.5. The smallest absolute Gasteiger partial charge is 0.125 e. The molecule has 0 fully saturated rings. The molecule has 0 radical (unpaired) electrons. The van der Waals surface area contributed by atoms with Gasteiger partial charge < -0.3 is 0 Å². The largest absolute Gasteiger partial charge is 0.253 e. The lowest BCUT2D eigenvalue weighted by atomic mass is 10.1. The van der Waals surface area contributed by atoms with E-state index in [-0.39, 0.29) is 5.82 Å². The van der Waals surface area contributed by atoms with Crippen LogP contribution in [0.25, 0.3) is 0 Å². The van der Waals surface area contributed by atoms with Gasteiger partial charge in [-0.1, -0.05) is 29.8 Å². The van der Waals surface area contributed by atoms with Crippen molar-refractivity contribution < 1.29 is 4.39 Å². The van der Waals surface area contributed by atoms with Crippen LogP contribution in [0.5, 0.6) is 0 Å². The van der Waals surface area contributed by atoms with Crippen molar-refractivity contribution in [3.05, 3.63) is 64.4 Å². The van der Waals surface area contributed by atoms with E-state index in [4.69, 9.17) is 11.6 Å². The zero-order valence-corrected chi connectivity index (χ0v) is 10.4. The van der Waals surface area contributed by atoms with Crippen molar-refractivity contribution in [3.63, 3.8) is 0 Å². The lowest BCUT2D eigenvalue weighted by Crippen LogP contribution is -1.94. The second kappa shape index (κ2) is 4.54. The van der Waals surface area contributed by atoms with Crippen LogP contribution >= 0.6 is 11.6 Å². The second-order valence-corrected chi connectivity index (χ2v) is 4.72. The van der Waals surface area contributed by atoms with E-state index in [2.05, 4.69) is 11.1 Å². The molecular weight excluding hydrogens is 249 g/mol. The Hall–Kier alpha value is -1.67. The minimum Gasteiger partial charge on any atom is -0.253 e. The summed E-state index contributed by atoms with van der Waals surface area (Å²) < 4.78 is 13.1. The molecule has 1 aliphatic rings. The minimum absolute atomic E-state index is 0.269. The number of aryl methyl sites for hydroxylation is 1. The van der Waals surface area contributed by atoms with Gasteiger partial charge in [-0.3, -0.25) is 4.99 Å². The molecule has 18 heavy (non-hydrogen) atoms. The fourth-order valence-electron chi connectivity index (χ4n) is 2.29. The molecule has 90 valence electrons. The van der Waals surface area contributed by atoms with Crippen LogP contribution in [0.4, 0.5) is 10.1 Å².